The lowest BCUT2D eigenvalue weighted by Gasteiger charge is -2.30. The van der Waals surface area contributed by atoms with Crippen LogP contribution in [0.4, 0.5) is 0 Å². The molecular weight excluding hydrogens is 356 g/mol. The number of aliphatic carboxylic acids is 1. The Morgan fingerprint density at radius 2 is 1.92 bits per heavy atom. The summed E-state index contributed by atoms with van der Waals surface area (Å²) in [5.74, 6) is -0.444. The minimum absolute atomic E-state index is 0.239. The molecule has 1 aromatic rings. The van der Waals surface area contributed by atoms with E-state index in [2.05, 4.69) is 17.9 Å². The molecule has 0 saturated heterocycles. The van der Waals surface area contributed by atoms with E-state index in [4.69, 9.17) is 0 Å². The third-order valence-corrected chi connectivity index (χ3v) is 5.83. The molecule has 0 saturated carbocycles. The Bertz CT molecular complexity index is 540. The van der Waals surface area contributed by atoms with E-state index in [-0.39, 0.29) is 17.2 Å². The second kappa shape index (κ2) is 11.4. The van der Waals surface area contributed by atoms with Gasteiger partial charge in [0.15, 0.2) is 6.04 Å². The highest BCUT2D eigenvalue weighted by atomic mass is 32.2. The van der Waals surface area contributed by atoms with E-state index in [0.717, 1.165) is 12.0 Å². The van der Waals surface area contributed by atoms with E-state index in [9.17, 15) is 14.7 Å². The van der Waals surface area contributed by atoms with Crippen molar-refractivity contribution in [2.24, 2.45) is 5.92 Å². The van der Waals surface area contributed by atoms with E-state index in [0.29, 0.717) is 17.9 Å². The minimum atomic E-state index is -1.03. The van der Waals surface area contributed by atoms with Gasteiger partial charge in [-0.05, 0) is 26.1 Å². The fourth-order valence-corrected chi connectivity index (χ4v) is 4.06. The van der Waals surface area contributed by atoms with E-state index < -0.39 is 12.0 Å². The summed E-state index contributed by atoms with van der Waals surface area (Å²) in [5, 5.41) is 12.0. The smallest absolute Gasteiger partial charge is 0.328 e. The molecule has 0 aliphatic carbocycles. The Morgan fingerprint density at radius 3 is 2.40 bits per heavy atom. The Morgan fingerprint density at radius 1 is 1.28 bits per heavy atom. The molecule has 0 spiro atoms. The van der Waals surface area contributed by atoms with Crippen molar-refractivity contribution in [2.75, 3.05) is 19.8 Å². The van der Waals surface area contributed by atoms with Crippen LogP contribution in [-0.2, 0) is 15.3 Å². The van der Waals surface area contributed by atoms with Crippen molar-refractivity contribution in [3.63, 3.8) is 0 Å². The van der Waals surface area contributed by atoms with Gasteiger partial charge in [0.05, 0.1) is 5.37 Å². The first kappa shape index (κ1) is 21.9. The number of benzene rings is 1. The van der Waals surface area contributed by atoms with Crippen LogP contribution < -0.4 is 5.32 Å². The molecule has 0 radical (unpaired) electrons. The largest absolute Gasteiger partial charge is 0.480 e. The zero-order valence-electron chi connectivity index (χ0n) is 15.0. The van der Waals surface area contributed by atoms with Crippen molar-refractivity contribution in [3.05, 3.63) is 35.9 Å². The number of rotatable bonds is 11. The molecule has 1 aromatic carbocycles. The standard InChI is InChI=1S/C18H28N2O3S2/c1-4-8-14(11-24)16(21)19-15(18(22)23)17(20(2)3)25-12-13-9-6-5-7-10-13/h5-7,9-10,14-15,17,24H,4,8,11-12H2,1-3H3,(H,19,21)(H,22,23). The van der Waals surface area contributed by atoms with Gasteiger partial charge < -0.3 is 10.4 Å². The molecule has 25 heavy (non-hydrogen) atoms. The number of carbonyl (C=O) groups is 2. The summed E-state index contributed by atoms with van der Waals surface area (Å²) in [6.07, 6.45) is 1.56. The van der Waals surface area contributed by atoms with E-state index in [1.165, 1.54) is 11.8 Å². The number of likely N-dealkylation sites (N-methyl/N-ethyl adjacent to an activating group) is 1. The first-order valence-electron chi connectivity index (χ1n) is 8.36. The highest BCUT2D eigenvalue weighted by Crippen LogP contribution is 2.23. The van der Waals surface area contributed by atoms with Crippen LogP contribution in [0.5, 0.6) is 0 Å². The van der Waals surface area contributed by atoms with Crippen molar-refractivity contribution in [1.29, 1.82) is 0 Å². The number of nitrogens with one attached hydrogen (secondary N) is 1. The van der Waals surface area contributed by atoms with Gasteiger partial charge in [0.1, 0.15) is 0 Å². The van der Waals surface area contributed by atoms with Gasteiger partial charge >= 0.3 is 5.97 Å². The van der Waals surface area contributed by atoms with Crippen LogP contribution in [0.1, 0.15) is 25.3 Å². The zero-order chi connectivity index (χ0) is 18.8. The topological polar surface area (TPSA) is 69.6 Å². The third kappa shape index (κ3) is 7.30. The molecule has 0 aromatic heterocycles. The molecule has 0 heterocycles. The normalized spacial score (nSPS) is 14.8. The second-order valence-corrected chi connectivity index (χ2v) is 7.61. The number of amides is 1. The first-order valence-corrected chi connectivity index (χ1v) is 10.0. The molecule has 140 valence electrons. The molecule has 0 fully saturated rings. The maximum atomic E-state index is 12.4. The fourth-order valence-electron chi connectivity index (χ4n) is 2.48. The highest BCUT2D eigenvalue weighted by Gasteiger charge is 2.33. The lowest BCUT2D eigenvalue weighted by Crippen LogP contribution is -2.53. The SMILES string of the molecule is CCCC(CS)C(=O)NC(C(=O)O)C(SCc1ccccc1)N(C)C. The summed E-state index contributed by atoms with van der Waals surface area (Å²) in [4.78, 5) is 26.1. The second-order valence-electron chi connectivity index (χ2n) is 6.14. The number of thioether (sulfide) groups is 1. The maximum Gasteiger partial charge on any atom is 0.328 e. The van der Waals surface area contributed by atoms with Gasteiger partial charge in [0.2, 0.25) is 5.91 Å². The quantitative estimate of drug-likeness (QED) is 0.404. The average molecular weight is 385 g/mol. The minimum Gasteiger partial charge on any atom is -0.480 e. The van der Waals surface area contributed by atoms with Crippen molar-refractivity contribution >= 4 is 36.3 Å². The van der Waals surface area contributed by atoms with Crippen LogP contribution >= 0.6 is 24.4 Å². The Balaban J connectivity index is 2.83. The van der Waals surface area contributed by atoms with Crippen LogP contribution in [-0.4, -0.2) is 53.1 Å². The number of carboxylic acid groups (broad SMARTS) is 1. The number of hydrogen-bond acceptors (Lipinski definition) is 5. The Kier molecular flexibility index (Phi) is 10.0. The number of thiol groups is 1. The zero-order valence-corrected chi connectivity index (χ0v) is 16.7. The number of hydrogen-bond donors (Lipinski definition) is 3. The van der Waals surface area contributed by atoms with Crippen molar-refractivity contribution in [1.82, 2.24) is 10.2 Å². The maximum absolute atomic E-state index is 12.4. The molecule has 2 N–H and O–H groups in total. The number of carbonyl (C=O) groups excluding carboxylic acids is 1. The summed E-state index contributed by atoms with van der Waals surface area (Å²) < 4.78 is 0. The monoisotopic (exact) mass is 384 g/mol. The van der Waals surface area contributed by atoms with Gasteiger partial charge in [-0.1, -0.05) is 43.7 Å². The lowest BCUT2D eigenvalue weighted by atomic mass is 10.0. The molecule has 7 heteroatoms. The molecule has 5 nitrogen and oxygen atoms in total. The van der Waals surface area contributed by atoms with Gasteiger partial charge in [-0.2, -0.15) is 12.6 Å². The van der Waals surface area contributed by atoms with Gasteiger partial charge in [-0.15, -0.1) is 11.8 Å². The summed E-state index contributed by atoms with van der Waals surface area (Å²) >= 11 is 5.73. The van der Waals surface area contributed by atoms with Crippen LogP contribution in [0, 0.1) is 5.92 Å². The summed E-state index contributed by atoms with van der Waals surface area (Å²) in [6, 6.07) is 8.90. The van der Waals surface area contributed by atoms with Gasteiger partial charge in [0.25, 0.3) is 0 Å². The molecule has 3 unspecified atom stereocenters. The van der Waals surface area contributed by atoms with E-state index in [1.54, 1.807) is 0 Å². The number of nitrogens with zero attached hydrogens (tertiary/aromatic N) is 1. The molecule has 3 atom stereocenters. The van der Waals surface area contributed by atoms with Crippen molar-refractivity contribution in [3.8, 4) is 0 Å². The summed E-state index contributed by atoms with van der Waals surface area (Å²) in [7, 11) is 3.65. The average Bonchev–Trinajstić information content (AvgIpc) is 2.59. The van der Waals surface area contributed by atoms with Crippen LogP contribution in [0.15, 0.2) is 30.3 Å². The van der Waals surface area contributed by atoms with Crippen LogP contribution in [0.3, 0.4) is 0 Å². The van der Waals surface area contributed by atoms with Gasteiger partial charge in [0, 0.05) is 17.4 Å². The van der Waals surface area contributed by atoms with Gasteiger partial charge in [-0.3, -0.25) is 9.69 Å². The van der Waals surface area contributed by atoms with Crippen molar-refractivity contribution < 1.29 is 14.7 Å². The lowest BCUT2D eigenvalue weighted by molar-refractivity contribution is -0.143. The van der Waals surface area contributed by atoms with E-state index >= 15 is 0 Å². The summed E-state index contributed by atoms with van der Waals surface area (Å²) in [6.45, 7) is 2.00. The molecule has 1 amide bonds. The molecule has 0 bridgehead atoms. The predicted octanol–water partition coefficient (Wildman–Crippen LogP) is 2.72. The fraction of sp³-hybridized carbons (Fsp3) is 0.556. The first-order chi connectivity index (χ1) is 11.9. The third-order valence-electron chi connectivity index (χ3n) is 3.85. The Hall–Kier alpha value is -1.18. The van der Waals surface area contributed by atoms with Gasteiger partial charge in [-0.25, -0.2) is 4.79 Å². The molecular formula is C18H28N2O3S2. The van der Waals surface area contributed by atoms with Crippen LogP contribution in [0.25, 0.3) is 0 Å². The van der Waals surface area contributed by atoms with E-state index in [1.807, 2.05) is 56.3 Å². The van der Waals surface area contributed by atoms with Crippen LogP contribution in [0.2, 0.25) is 0 Å². The number of carboxylic acids is 1. The van der Waals surface area contributed by atoms with Crippen molar-refractivity contribution in [2.45, 2.75) is 36.9 Å². The summed E-state index contributed by atoms with van der Waals surface area (Å²) in [5.41, 5.74) is 1.12. The molecule has 1 rings (SSSR count). The molecule has 0 aliphatic rings. The Labute approximate surface area is 160 Å². The predicted molar refractivity (Wildman–Crippen MR) is 107 cm³/mol. The molecule has 0 aliphatic heterocycles. The highest BCUT2D eigenvalue weighted by molar-refractivity contribution is 7.99.